The molecular weight excluding hydrogens is 241 g/mol. The Morgan fingerprint density at radius 2 is 1.67 bits per heavy atom. The lowest BCUT2D eigenvalue weighted by molar-refractivity contribution is -0.137. The van der Waals surface area contributed by atoms with Crippen LogP contribution >= 0.6 is 0 Å². The third kappa shape index (κ3) is 2.68. The van der Waals surface area contributed by atoms with Crippen LogP contribution in [0.2, 0.25) is 0 Å². The number of alkyl halides is 3. The second-order valence-electron chi connectivity index (χ2n) is 3.88. The molecule has 0 saturated heterocycles. The first kappa shape index (κ1) is 12.6. The highest BCUT2D eigenvalue weighted by Crippen LogP contribution is 2.31. The van der Waals surface area contributed by atoms with Crippen LogP contribution in [-0.4, -0.2) is 4.98 Å². The third-order valence-corrected chi connectivity index (χ3v) is 2.64. The number of halogens is 3. The van der Waals surface area contributed by atoms with E-state index in [1.807, 2.05) is 0 Å². The molecule has 18 heavy (non-hydrogen) atoms. The Morgan fingerprint density at radius 3 is 2.28 bits per heavy atom. The molecule has 2 rings (SSSR count). The summed E-state index contributed by atoms with van der Waals surface area (Å²) in [5.41, 5.74) is 6.40. The molecule has 0 amide bonds. The number of rotatable bonds is 2. The van der Waals surface area contributed by atoms with Gasteiger partial charge in [0.1, 0.15) is 0 Å². The molecule has 1 aromatic heterocycles. The predicted molar refractivity (Wildman–Crippen MR) is 61.7 cm³/mol. The minimum absolute atomic E-state index is 0.427. The first-order chi connectivity index (χ1) is 8.48. The van der Waals surface area contributed by atoms with Crippen molar-refractivity contribution in [2.45, 2.75) is 12.2 Å². The molecule has 2 N–H and O–H groups in total. The summed E-state index contributed by atoms with van der Waals surface area (Å²) in [6.07, 6.45) is -1.24. The lowest BCUT2D eigenvalue weighted by Gasteiger charge is -2.14. The minimum atomic E-state index is -4.35. The van der Waals surface area contributed by atoms with Gasteiger partial charge < -0.3 is 5.73 Å². The molecule has 2 aromatic rings. The largest absolute Gasteiger partial charge is 0.416 e. The first-order valence-electron chi connectivity index (χ1n) is 5.31. The third-order valence-electron chi connectivity index (χ3n) is 2.64. The van der Waals surface area contributed by atoms with Crippen molar-refractivity contribution in [3.8, 4) is 0 Å². The van der Waals surface area contributed by atoms with Crippen molar-refractivity contribution in [3.05, 3.63) is 65.5 Å². The molecule has 0 spiro atoms. The van der Waals surface area contributed by atoms with Crippen molar-refractivity contribution in [1.82, 2.24) is 4.98 Å². The van der Waals surface area contributed by atoms with Crippen LogP contribution in [0.25, 0.3) is 0 Å². The Hall–Kier alpha value is -1.88. The van der Waals surface area contributed by atoms with Crippen molar-refractivity contribution in [1.29, 1.82) is 0 Å². The number of nitrogens with zero attached hydrogens (tertiary/aromatic N) is 1. The molecule has 5 heteroatoms. The summed E-state index contributed by atoms with van der Waals surface area (Å²) in [4.78, 5) is 3.84. The minimum Gasteiger partial charge on any atom is -0.320 e. The Morgan fingerprint density at radius 1 is 1.00 bits per heavy atom. The lowest BCUT2D eigenvalue weighted by Crippen LogP contribution is -2.13. The Bertz CT molecular complexity index is 523. The molecule has 1 aromatic carbocycles. The summed E-state index contributed by atoms with van der Waals surface area (Å²) in [7, 11) is 0. The smallest absolute Gasteiger partial charge is 0.320 e. The molecule has 1 heterocycles. The lowest BCUT2D eigenvalue weighted by atomic mass is 9.99. The maximum atomic E-state index is 12.6. The van der Waals surface area contributed by atoms with E-state index in [1.54, 1.807) is 30.6 Å². The van der Waals surface area contributed by atoms with Gasteiger partial charge in [-0.25, -0.2) is 0 Å². The Labute approximate surface area is 102 Å². The average molecular weight is 252 g/mol. The van der Waals surface area contributed by atoms with Gasteiger partial charge in [0.25, 0.3) is 0 Å². The fraction of sp³-hybridized carbons (Fsp3) is 0.154. The molecule has 0 bridgehead atoms. The van der Waals surface area contributed by atoms with E-state index < -0.39 is 17.8 Å². The van der Waals surface area contributed by atoms with Crippen LogP contribution in [0, 0.1) is 0 Å². The molecule has 1 atom stereocenters. The van der Waals surface area contributed by atoms with Crippen molar-refractivity contribution in [3.63, 3.8) is 0 Å². The molecule has 1 unspecified atom stereocenters. The van der Waals surface area contributed by atoms with E-state index >= 15 is 0 Å². The summed E-state index contributed by atoms with van der Waals surface area (Å²) >= 11 is 0. The molecule has 0 aliphatic heterocycles. The van der Waals surface area contributed by atoms with E-state index in [2.05, 4.69) is 4.98 Å². The second-order valence-corrected chi connectivity index (χ2v) is 3.88. The Kier molecular flexibility index (Phi) is 3.34. The maximum Gasteiger partial charge on any atom is 0.416 e. The van der Waals surface area contributed by atoms with Crippen LogP contribution in [0.4, 0.5) is 13.2 Å². The van der Waals surface area contributed by atoms with Crippen LogP contribution in [0.3, 0.4) is 0 Å². The number of nitrogens with two attached hydrogens (primary N) is 1. The van der Waals surface area contributed by atoms with Gasteiger partial charge in [0, 0.05) is 12.4 Å². The number of benzene rings is 1. The zero-order valence-corrected chi connectivity index (χ0v) is 9.35. The SMILES string of the molecule is NC(c1ccncc1)c1cccc(C(F)(F)F)c1. The van der Waals surface area contributed by atoms with Gasteiger partial charge in [0.2, 0.25) is 0 Å². The molecule has 0 saturated carbocycles. The zero-order chi connectivity index (χ0) is 13.2. The zero-order valence-electron chi connectivity index (χ0n) is 9.35. The molecule has 94 valence electrons. The molecular formula is C13H11F3N2. The highest BCUT2D eigenvalue weighted by atomic mass is 19.4. The second kappa shape index (κ2) is 4.78. The number of hydrogen-bond donors (Lipinski definition) is 1. The van der Waals surface area contributed by atoms with Gasteiger partial charge in [-0.15, -0.1) is 0 Å². The maximum absolute atomic E-state index is 12.6. The summed E-state index contributed by atoms with van der Waals surface area (Å²) in [6.45, 7) is 0. The van der Waals surface area contributed by atoms with Crippen LogP contribution in [0.15, 0.2) is 48.8 Å². The van der Waals surface area contributed by atoms with Gasteiger partial charge in [-0.05, 0) is 35.4 Å². The van der Waals surface area contributed by atoms with Crippen LogP contribution in [-0.2, 0) is 6.18 Å². The Balaban J connectivity index is 2.35. The molecule has 0 radical (unpaired) electrons. The number of aromatic nitrogens is 1. The van der Waals surface area contributed by atoms with Gasteiger partial charge in [-0.1, -0.05) is 12.1 Å². The summed E-state index contributed by atoms with van der Waals surface area (Å²) in [5.74, 6) is 0. The topological polar surface area (TPSA) is 38.9 Å². The summed E-state index contributed by atoms with van der Waals surface area (Å²) in [5, 5.41) is 0. The highest BCUT2D eigenvalue weighted by Gasteiger charge is 2.30. The summed E-state index contributed by atoms with van der Waals surface area (Å²) < 4.78 is 37.7. The average Bonchev–Trinajstić information content (AvgIpc) is 2.38. The fourth-order valence-corrected chi connectivity index (χ4v) is 1.67. The van der Waals surface area contributed by atoms with Crippen LogP contribution in [0.5, 0.6) is 0 Å². The highest BCUT2D eigenvalue weighted by molar-refractivity contribution is 5.33. The molecule has 0 aliphatic carbocycles. The fourth-order valence-electron chi connectivity index (χ4n) is 1.67. The number of hydrogen-bond acceptors (Lipinski definition) is 2. The van der Waals surface area contributed by atoms with E-state index in [1.165, 1.54) is 6.07 Å². The van der Waals surface area contributed by atoms with Crippen LogP contribution in [0.1, 0.15) is 22.7 Å². The van der Waals surface area contributed by atoms with Crippen LogP contribution < -0.4 is 5.73 Å². The summed E-state index contributed by atoms with van der Waals surface area (Å²) in [6, 6.07) is 7.83. The van der Waals surface area contributed by atoms with Gasteiger partial charge in [-0.2, -0.15) is 13.2 Å². The van der Waals surface area contributed by atoms with Gasteiger partial charge in [0.15, 0.2) is 0 Å². The normalized spacial score (nSPS) is 13.3. The van der Waals surface area contributed by atoms with E-state index in [-0.39, 0.29) is 0 Å². The van der Waals surface area contributed by atoms with Gasteiger partial charge >= 0.3 is 6.18 Å². The van der Waals surface area contributed by atoms with E-state index in [0.717, 1.165) is 17.7 Å². The van der Waals surface area contributed by atoms with Gasteiger partial charge in [0.05, 0.1) is 11.6 Å². The number of pyridine rings is 1. The quantitative estimate of drug-likeness (QED) is 0.891. The van der Waals surface area contributed by atoms with Crippen molar-refractivity contribution < 1.29 is 13.2 Å². The van der Waals surface area contributed by atoms with E-state index in [9.17, 15) is 13.2 Å². The van der Waals surface area contributed by atoms with Crippen molar-refractivity contribution >= 4 is 0 Å². The molecule has 2 nitrogen and oxygen atoms in total. The van der Waals surface area contributed by atoms with E-state index in [4.69, 9.17) is 5.73 Å². The molecule has 0 fully saturated rings. The monoisotopic (exact) mass is 252 g/mol. The predicted octanol–water partition coefficient (Wildman–Crippen LogP) is 3.15. The van der Waals surface area contributed by atoms with Crippen molar-refractivity contribution in [2.24, 2.45) is 5.73 Å². The van der Waals surface area contributed by atoms with Gasteiger partial charge in [-0.3, -0.25) is 4.98 Å². The van der Waals surface area contributed by atoms with Crippen molar-refractivity contribution in [2.75, 3.05) is 0 Å². The first-order valence-corrected chi connectivity index (χ1v) is 5.31. The standard InChI is InChI=1S/C13H11F3N2/c14-13(15,16)11-3-1-2-10(8-11)12(17)9-4-6-18-7-5-9/h1-8,12H,17H2. The molecule has 0 aliphatic rings. The van der Waals surface area contributed by atoms with E-state index in [0.29, 0.717) is 5.56 Å².